The van der Waals surface area contributed by atoms with Crippen molar-refractivity contribution in [2.45, 2.75) is 11.3 Å². The number of nitrogens with one attached hydrogen (secondary N) is 2. The Morgan fingerprint density at radius 2 is 1.89 bits per heavy atom. The van der Waals surface area contributed by atoms with Gasteiger partial charge in [-0.3, -0.25) is 4.90 Å². The molecule has 0 atom stereocenters. The molecule has 12 heteroatoms. The van der Waals surface area contributed by atoms with Crippen LogP contribution < -0.4 is 24.4 Å². The molecule has 0 aliphatic carbocycles. The van der Waals surface area contributed by atoms with Gasteiger partial charge in [0.05, 0.1) is 48.7 Å². The average molecular weight is 531 g/mol. The van der Waals surface area contributed by atoms with Crippen molar-refractivity contribution in [1.82, 2.24) is 19.6 Å². The highest BCUT2D eigenvalue weighted by molar-refractivity contribution is 7.89. The number of hydrogen-bond donors (Lipinski definition) is 2. The summed E-state index contributed by atoms with van der Waals surface area (Å²) in [4.78, 5) is 13.3. The molecule has 1 aliphatic rings. The predicted octanol–water partition coefficient (Wildman–Crippen LogP) is 2.46. The molecule has 3 aromatic rings. The van der Waals surface area contributed by atoms with E-state index in [2.05, 4.69) is 24.9 Å². The van der Waals surface area contributed by atoms with Gasteiger partial charge in [-0.1, -0.05) is 0 Å². The molecule has 0 amide bonds. The van der Waals surface area contributed by atoms with Crippen LogP contribution in [-0.2, 0) is 14.8 Å². The molecule has 0 unspecified atom stereocenters. The summed E-state index contributed by atoms with van der Waals surface area (Å²) in [6, 6.07) is 8.57. The number of nitrogens with zero attached hydrogens (tertiary/aromatic N) is 4. The number of rotatable bonds is 11. The van der Waals surface area contributed by atoms with Gasteiger partial charge in [0.1, 0.15) is 12.1 Å². The molecule has 0 radical (unpaired) electrons. The molecule has 4 rings (SSSR count). The van der Waals surface area contributed by atoms with E-state index in [0.717, 1.165) is 50.3 Å². The fraction of sp³-hybridized carbons (Fsp3) is 0.440. The lowest BCUT2D eigenvalue weighted by molar-refractivity contribution is 0.0357. The summed E-state index contributed by atoms with van der Waals surface area (Å²) in [6.07, 6.45) is 2.33. The quantitative estimate of drug-likeness (QED) is 0.358. The Kier molecular flexibility index (Phi) is 8.64. The normalized spacial score (nSPS) is 14.5. The fourth-order valence-electron chi connectivity index (χ4n) is 4.15. The molecular weight excluding hydrogens is 496 g/mol. The van der Waals surface area contributed by atoms with E-state index in [4.69, 9.17) is 14.2 Å². The molecule has 2 N–H and O–H groups in total. The largest absolute Gasteiger partial charge is 0.493 e. The Morgan fingerprint density at radius 1 is 1.11 bits per heavy atom. The molecule has 1 saturated heterocycles. The number of hydrogen-bond acceptors (Lipinski definition) is 10. The molecule has 0 spiro atoms. The Hall–Kier alpha value is -3.19. The molecule has 0 saturated carbocycles. The van der Waals surface area contributed by atoms with Crippen LogP contribution in [0.25, 0.3) is 10.9 Å². The molecule has 1 aliphatic heterocycles. The number of anilines is 3. The van der Waals surface area contributed by atoms with Crippen molar-refractivity contribution < 1.29 is 22.6 Å². The van der Waals surface area contributed by atoms with Crippen LogP contribution in [0.5, 0.6) is 11.5 Å². The average Bonchev–Trinajstić information content (AvgIpc) is 2.91. The van der Waals surface area contributed by atoms with Crippen molar-refractivity contribution >= 4 is 38.1 Å². The second-order valence-electron chi connectivity index (χ2n) is 8.80. The molecule has 2 aromatic carbocycles. The summed E-state index contributed by atoms with van der Waals surface area (Å²) in [5, 5.41) is 4.03. The van der Waals surface area contributed by atoms with E-state index < -0.39 is 10.0 Å². The van der Waals surface area contributed by atoms with Gasteiger partial charge in [0.15, 0.2) is 11.5 Å². The first kappa shape index (κ1) is 26.9. The van der Waals surface area contributed by atoms with E-state index in [1.807, 2.05) is 31.1 Å². The number of aromatic nitrogens is 2. The van der Waals surface area contributed by atoms with Gasteiger partial charge in [-0.25, -0.2) is 23.1 Å². The molecule has 2 heterocycles. The van der Waals surface area contributed by atoms with Crippen molar-refractivity contribution in [3.05, 3.63) is 36.7 Å². The van der Waals surface area contributed by atoms with Crippen LogP contribution >= 0.6 is 0 Å². The zero-order chi connectivity index (χ0) is 26.4. The Morgan fingerprint density at radius 3 is 2.59 bits per heavy atom. The van der Waals surface area contributed by atoms with E-state index in [1.165, 1.54) is 13.4 Å². The third kappa shape index (κ3) is 6.39. The third-order valence-electron chi connectivity index (χ3n) is 6.18. The van der Waals surface area contributed by atoms with Crippen LogP contribution in [0.1, 0.15) is 6.42 Å². The standard InChI is InChI=1S/C25H34N6O5S/c1-26-37(32,33)18-6-7-22(30(2)3)21(14-18)29-25-19-15-24(23(34-4)16-20(19)27-17-28-25)36-11-5-8-31-9-12-35-13-10-31/h6-7,14-17,26H,5,8-13H2,1-4H3,(H,27,28,29). The highest BCUT2D eigenvalue weighted by Crippen LogP contribution is 2.36. The second-order valence-corrected chi connectivity index (χ2v) is 10.7. The summed E-state index contributed by atoms with van der Waals surface area (Å²) < 4.78 is 44.3. The number of methoxy groups -OCH3 is 1. The summed E-state index contributed by atoms with van der Waals surface area (Å²) in [5.41, 5.74) is 2.06. The van der Waals surface area contributed by atoms with E-state index in [1.54, 1.807) is 25.3 Å². The number of benzene rings is 2. The van der Waals surface area contributed by atoms with E-state index in [0.29, 0.717) is 35.1 Å². The van der Waals surface area contributed by atoms with Gasteiger partial charge in [-0.05, 0) is 37.7 Å². The Bertz CT molecular complexity index is 1330. The van der Waals surface area contributed by atoms with Gasteiger partial charge in [0.2, 0.25) is 10.0 Å². The minimum absolute atomic E-state index is 0.146. The van der Waals surface area contributed by atoms with Crippen LogP contribution in [-0.4, -0.2) is 91.0 Å². The topological polar surface area (TPSA) is 118 Å². The zero-order valence-electron chi connectivity index (χ0n) is 21.7. The van der Waals surface area contributed by atoms with E-state index in [9.17, 15) is 8.42 Å². The summed E-state index contributed by atoms with van der Waals surface area (Å²) in [5.74, 6) is 1.70. The lowest BCUT2D eigenvalue weighted by Crippen LogP contribution is -2.37. The molecule has 37 heavy (non-hydrogen) atoms. The lowest BCUT2D eigenvalue weighted by Gasteiger charge is -2.26. The number of ether oxygens (including phenoxy) is 3. The maximum absolute atomic E-state index is 12.4. The smallest absolute Gasteiger partial charge is 0.240 e. The monoisotopic (exact) mass is 530 g/mol. The summed E-state index contributed by atoms with van der Waals surface area (Å²) in [6.45, 7) is 4.90. The molecule has 200 valence electrons. The van der Waals surface area contributed by atoms with Crippen molar-refractivity contribution in [2.75, 3.05) is 77.9 Å². The Balaban J connectivity index is 1.61. The molecular formula is C25H34N6O5S. The lowest BCUT2D eigenvalue weighted by atomic mass is 10.2. The summed E-state index contributed by atoms with van der Waals surface area (Å²) in [7, 11) is 3.13. The van der Waals surface area contributed by atoms with Crippen molar-refractivity contribution in [2.24, 2.45) is 0 Å². The van der Waals surface area contributed by atoms with Gasteiger partial charge >= 0.3 is 0 Å². The number of sulfonamides is 1. The molecule has 11 nitrogen and oxygen atoms in total. The van der Waals surface area contributed by atoms with Gasteiger partial charge in [-0.15, -0.1) is 0 Å². The highest BCUT2D eigenvalue weighted by atomic mass is 32.2. The van der Waals surface area contributed by atoms with Crippen LogP contribution in [0, 0.1) is 0 Å². The fourth-order valence-corrected chi connectivity index (χ4v) is 4.90. The van der Waals surface area contributed by atoms with Crippen LogP contribution in [0.4, 0.5) is 17.2 Å². The third-order valence-corrected chi connectivity index (χ3v) is 7.59. The van der Waals surface area contributed by atoms with E-state index in [-0.39, 0.29) is 4.90 Å². The van der Waals surface area contributed by atoms with Gasteiger partial charge < -0.3 is 24.4 Å². The van der Waals surface area contributed by atoms with Gasteiger partial charge in [0, 0.05) is 45.2 Å². The predicted molar refractivity (Wildman–Crippen MR) is 144 cm³/mol. The Labute approximate surface area is 217 Å². The van der Waals surface area contributed by atoms with Crippen molar-refractivity contribution in [1.29, 1.82) is 0 Å². The van der Waals surface area contributed by atoms with Crippen LogP contribution in [0.3, 0.4) is 0 Å². The first-order valence-electron chi connectivity index (χ1n) is 12.1. The zero-order valence-corrected chi connectivity index (χ0v) is 22.5. The van der Waals surface area contributed by atoms with Crippen molar-refractivity contribution in [3.63, 3.8) is 0 Å². The first-order valence-corrected chi connectivity index (χ1v) is 13.6. The maximum atomic E-state index is 12.4. The van der Waals surface area contributed by atoms with Crippen molar-refractivity contribution in [3.8, 4) is 11.5 Å². The highest BCUT2D eigenvalue weighted by Gasteiger charge is 2.18. The number of morpholine rings is 1. The molecule has 0 bridgehead atoms. The first-order chi connectivity index (χ1) is 17.8. The minimum atomic E-state index is -3.62. The van der Waals surface area contributed by atoms with Crippen LogP contribution in [0.15, 0.2) is 41.6 Å². The summed E-state index contributed by atoms with van der Waals surface area (Å²) >= 11 is 0. The van der Waals surface area contributed by atoms with Crippen LogP contribution in [0.2, 0.25) is 0 Å². The number of fused-ring (bicyclic) bond motifs is 1. The maximum Gasteiger partial charge on any atom is 0.240 e. The second kappa shape index (κ2) is 11.9. The van der Waals surface area contributed by atoms with Gasteiger partial charge in [0.25, 0.3) is 0 Å². The molecule has 1 fully saturated rings. The molecule has 1 aromatic heterocycles. The minimum Gasteiger partial charge on any atom is -0.493 e. The van der Waals surface area contributed by atoms with E-state index >= 15 is 0 Å². The SMILES string of the molecule is CNS(=O)(=O)c1ccc(N(C)C)c(Nc2ncnc3cc(OC)c(OCCCN4CCOCC4)cc23)c1. The van der Waals surface area contributed by atoms with Gasteiger partial charge in [-0.2, -0.15) is 0 Å².